The van der Waals surface area contributed by atoms with Gasteiger partial charge in [0.2, 0.25) is 5.91 Å². The first-order valence-corrected chi connectivity index (χ1v) is 12.4. The molecule has 1 amide bonds. The van der Waals surface area contributed by atoms with Crippen LogP contribution in [0.15, 0.2) is 67.0 Å². The lowest BCUT2D eigenvalue weighted by atomic mass is 9.99. The van der Waals surface area contributed by atoms with E-state index in [1.54, 1.807) is 11.0 Å². The minimum Gasteiger partial charge on any atom is -0.371 e. The second-order valence-electron chi connectivity index (χ2n) is 9.66. The smallest absolute Gasteiger partial charge is 0.244 e. The molecule has 0 spiro atoms. The van der Waals surface area contributed by atoms with Crippen molar-refractivity contribution in [1.29, 1.82) is 0 Å². The Labute approximate surface area is 214 Å². The third kappa shape index (κ3) is 4.67. The van der Waals surface area contributed by atoms with Crippen LogP contribution in [0.4, 0.5) is 5.69 Å². The number of nitrogens with zero attached hydrogens (tertiary/aromatic N) is 6. The van der Waals surface area contributed by atoms with E-state index in [9.17, 15) is 4.79 Å². The van der Waals surface area contributed by atoms with E-state index in [-0.39, 0.29) is 18.5 Å². The van der Waals surface area contributed by atoms with Gasteiger partial charge in [-0.3, -0.25) is 4.79 Å². The normalized spacial score (nSPS) is 13.9. The molecule has 3 heterocycles. The number of anilines is 1. The van der Waals surface area contributed by atoms with E-state index in [1.807, 2.05) is 35.2 Å². The van der Waals surface area contributed by atoms with Crippen molar-refractivity contribution in [3.63, 3.8) is 0 Å². The summed E-state index contributed by atoms with van der Waals surface area (Å²) in [4.78, 5) is 22.7. The lowest BCUT2D eigenvalue weighted by Gasteiger charge is -2.29. The maximum absolute atomic E-state index is 13.3. The van der Waals surface area contributed by atoms with Crippen LogP contribution in [-0.4, -0.2) is 47.5 Å². The highest BCUT2D eigenvalue weighted by Gasteiger charge is 2.26. The number of hydrogen-bond donors (Lipinski definition) is 2. The first-order chi connectivity index (χ1) is 18.0. The van der Waals surface area contributed by atoms with Crippen molar-refractivity contribution in [2.24, 2.45) is 0 Å². The number of imidazole rings is 1. The molecule has 37 heavy (non-hydrogen) atoms. The summed E-state index contributed by atoms with van der Waals surface area (Å²) in [5, 5.41) is 16.2. The number of hydrogen-bond acceptors (Lipinski definition) is 6. The Hall–Kier alpha value is -4.53. The van der Waals surface area contributed by atoms with Crippen molar-refractivity contribution >= 4 is 22.6 Å². The summed E-state index contributed by atoms with van der Waals surface area (Å²) in [6.07, 6.45) is 2.54. The molecule has 0 radical (unpaired) electrons. The molecular weight excluding hydrogens is 464 g/mol. The highest BCUT2D eigenvalue weighted by Crippen LogP contribution is 2.28. The average Bonchev–Trinajstić information content (AvgIpc) is 3.55. The molecule has 0 fully saturated rings. The van der Waals surface area contributed by atoms with Gasteiger partial charge in [-0.25, -0.2) is 9.67 Å². The number of aryl methyl sites for hydroxylation is 2. The first-order valence-electron chi connectivity index (χ1n) is 12.4. The Balaban J connectivity index is 1.31. The van der Waals surface area contributed by atoms with E-state index < -0.39 is 0 Å². The average molecular weight is 493 g/mol. The SMILES string of the molecule is Cc1cc(C)cc(C(Nc2ccc3nc[nH]c3c2)c2nnnn2CC(=O)N2CCc3ccccc3C2)c1. The van der Waals surface area contributed by atoms with Crippen LogP contribution in [0.1, 0.15) is 39.7 Å². The quantitative estimate of drug-likeness (QED) is 0.372. The number of H-pyrrole nitrogens is 1. The largest absolute Gasteiger partial charge is 0.371 e. The lowest BCUT2D eigenvalue weighted by molar-refractivity contribution is -0.133. The van der Waals surface area contributed by atoms with E-state index in [0.29, 0.717) is 18.9 Å². The molecule has 0 aliphatic carbocycles. The van der Waals surface area contributed by atoms with Crippen molar-refractivity contribution in [3.05, 3.63) is 101 Å². The minimum atomic E-state index is -0.358. The number of aromatic amines is 1. The fraction of sp³-hybridized carbons (Fsp3) is 0.250. The van der Waals surface area contributed by atoms with Gasteiger partial charge >= 0.3 is 0 Å². The maximum Gasteiger partial charge on any atom is 0.244 e. The van der Waals surface area contributed by atoms with Crippen molar-refractivity contribution in [3.8, 4) is 0 Å². The Kier molecular flexibility index (Phi) is 5.88. The standard InChI is InChI=1S/C28H28N8O/c1-18-11-19(2)13-22(12-18)27(31-23-7-8-24-25(14-23)30-17-29-24)28-32-33-34-36(28)16-26(37)35-10-9-20-5-3-4-6-21(20)15-35/h3-8,11-14,17,27,31H,9-10,15-16H2,1-2H3,(H,29,30). The second kappa shape index (κ2) is 9.50. The van der Waals surface area contributed by atoms with Gasteiger partial charge in [-0.2, -0.15) is 0 Å². The summed E-state index contributed by atoms with van der Waals surface area (Å²) < 4.78 is 1.62. The molecule has 1 aliphatic heterocycles. The highest BCUT2D eigenvalue weighted by atomic mass is 16.2. The van der Waals surface area contributed by atoms with E-state index in [2.05, 4.69) is 75.0 Å². The molecule has 0 saturated carbocycles. The molecule has 2 N–H and O–H groups in total. The molecule has 2 aromatic heterocycles. The summed E-state index contributed by atoms with van der Waals surface area (Å²) >= 11 is 0. The minimum absolute atomic E-state index is 0.00102. The fourth-order valence-electron chi connectivity index (χ4n) is 5.13. The Morgan fingerprint density at radius 3 is 2.70 bits per heavy atom. The van der Waals surface area contributed by atoms with Gasteiger partial charge in [-0.15, -0.1) is 5.10 Å². The molecule has 0 bridgehead atoms. The van der Waals surface area contributed by atoms with Gasteiger partial charge < -0.3 is 15.2 Å². The molecule has 1 aliphatic rings. The van der Waals surface area contributed by atoms with Gasteiger partial charge in [-0.05, 0) is 65.6 Å². The van der Waals surface area contributed by atoms with Crippen LogP contribution < -0.4 is 5.32 Å². The number of amides is 1. The summed E-state index contributed by atoms with van der Waals surface area (Å²) in [6, 6.07) is 20.3. The number of carbonyl (C=O) groups is 1. The topological polar surface area (TPSA) is 105 Å². The highest BCUT2D eigenvalue weighted by molar-refractivity contribution is 5.79. The maximum atomic E-state index is 13.3. The number of rotatable bonds is 6. The molecule has 6 rings (SSSR count). The molecular formula is C28H28N8O. The zero-order valence-electron chi connectivity index (χ0n) is 20.8. The predicted octanol–water partition coefficient (Wildman–Crippen LogP) is 3.95. The zero-order chi connectivity index (χ0) is 25.4. The van der Waals surface area contributed by atoms with Crippen LogP contribution in [0.5, 0.6) is 0 Å². The van der Waals surface area contributed by atoms with Crippen molar-refractivity contribution in [1.82, 2.24) is 35.1 Å². The van der Waals surface area contributed by atoms with E-state index in [0.717, 1.165) is 39.8 Å². The van der Waals surface area contributed by atoms with E-state index >= 15 is 0 Å². The molecule has 186 valence electrons. The molecule has 9 nitrogen and oxygen atoms in total. The van der Waals surface area contributed by atoms with Gasteiger partial charge in [0, 0.05) is 18.8 Å². The summed E-state index contributed by atoms with van der Waals surface area (Å²) in [7, 11) is 0. The van der Waals surface area contributed by atoms with Crippen molar-refractivity contribution < 1.29 is 4.79 Å². The number of aromatic nitrogens is 6. The predicted molar refractivity (Wildman–Crippen MR) is 141 cm³/mol. The van der Waals surface area contributed by atoms with Crippen LogP contribution >= 0.6 is 0 Å². The second-order valence-corrected chi connectivity index (χ2v) is 9.66. The third-order valence-corrected chi connectivity index (χ3v) is 6.89. The summed E-state index contributed by atoms with van der Waals surface area (Å²) in [5.41, 5.74) is 8.55. The number of benzene rings is 3. The van der Waals surface area contributed by atoms with Crippen LogP contribution in [0, 0.1) is 13.8 Å². The van der Waals surface area contributed by atoms with Crippen molar-refractivity contribution in [2.45, 2.75) is 39.4 Å². The van der Waals surface area contributed by atoms with Crippen LogP contribution in [0.3, 0.4) is 0 Å². The molecule has 1 unspecified atom stereocenters. The number of nitrogens with one attached hydrogen (secondary N) is 2. The van der Waals surface area contributed by atoms with Crippen LogP contribution in [-0.2, 0) is 24.3 Å². The summed E-state index contributed by atoms with van der Waals surface area (Å²) in [6.45, 7) is 5.52. The van der Waals surface area contributed by atoms with Gasteiger partial charge in [0.25, 0.3) is 0 Å². The number of fused-ring (bicyclic) bond motifs is 2. The molecule has 5 aromatic rings. The Morgan fingerprint density at radius 2 is 1.86 bits per heavy atom. The van der Waals surface area contributed by atoms with E-state index in [4.69, 9.17) is 0 Å². The summed E-state index contributed by atoms with van der Waals surface area (Å²) in [5.74, 6) is 0.585. The van der Waals surface area contributed by atoms with Gasteiger partial charge in [0.15, 0.2) is 5.82 Å². The number of tetrazole rings is 1. The zero-order valence-corrected chi connectivity index (χ0v) is 20.8. The van der Waals surface area contributed by atoms with Crippen LogP contribution in [0.2, 0.25) is 0 Å². The van der Waals surface area contributed by atoms with Gasteiger partial charge in [0.05, 0.1) is 17.4 Å². The molecule has 0 saturated heterocycles. The first kappa shape index (κ1) is 22.9. The van der Waals surface area contributed by atoms with E-state index in [1.165, 1.54) is 11.1 Å². The van der Waals surface area contributed by atoms with Crippen molar-refractivity contribution in [2.75, 3.05) is 11.9 Å². The van der Waals surface area contributed by atoms with Crippen LogP contribution in [0.25, 0.3) is 11.0 Å². The third-order valence-electron chi connectivity index (χ3n) is 6.89. The Morgan fingerprint density at radius 1 is 1.05 bits per heavy atom. The lowest BCUT2D eigenvalue weighted by Crippen LogP contribution is -2.38. The van der Waals surface area contributed by atoms with Gasteiger partial charge in [0.1, 0.15) is 12.6 Å². The molecule has 1 atom stereocenters. The number of carbonyl (C=O) groups excluding carboxylic acids is 1. The fourth-order valence-corrected chi connectivity index (χ4v) is 5.13. The molecule has 3 aromatic carbocycles. The Bertz CT molecular complexity index is 1570. The van der Waals surface area contributed by atoms with Gasteiger partial charge in [-0.1, -0.05) is 53.6 Å². The molecule has 9 heteroatoms. The monoisotopic (exact) mass is 492 g/mol.